The van der Waals surface area contributed by atoms with Crippen molar-refractivity contribution in [1.82, 2.24) is 9.21 Å². The average Bonchev–Trinajstić information content (AvgIpc) is 2.85. The van der Waals surface area contributed by atoms with E-state index in [1.807, 2.05) is 30.3 Å². The number of piperazine rings is 1. The summed E-state index contributed by atoms with van der Waals surface area (Å²) in [6.45, 7) is 6.34. The van der Waals surface area contributed by atoms with Crippen LogP contribution >= 0.6 is 0 Å². The molecule has 2 saturated heterocycles. The van der Waals surface area contributed by atoms with Gasteiger partial charge in [0, 0.05) is 64.1 Å². The predicted octanol–water partition coefficient (Wildman–Crippen LogP) is 1.99. The van der Waals surface area contributed by atoms with Gasteiger partial charge in [0.15, 0.2) is 0 Å². The van der Waals surface area contributed by atoms with Crippen LogP contribution in [0.4, 0.5) is 17.1 Å². The fourth-order valence-electron chi connectivity index (χ4n) is 4.30. The van der Waals surface area contributed by atoms with Crippen molar-refractivity contribution in [1.29, 1.82) is 0 Å². The van der Waals surface area contributed by atoms with Crippen molar-refractivity contribution in [3.8, 4) is 0 Å². The van der Waals surface area contributed by atoms with Gasteiger partial charge in [-0.2, -0.15) is 4.31 Å². The maximum absolute atomic E-state index is 12.8. The van der Waals surface area contributed by atoms with Crippen LogP contribution in [-0.2, 0) is 20.5 Å². The first-order valence-electron chi connectivity index (χ1n) is 11.5. The normalized spacial score (nSPS) is 18.1. The van der Waals surface area contributed by atoms with Crippen LogP contribution in [0, 0.1) is 10.1 Å². The number of nitro groups is 1. The number of nitro benzene ring substituents is 1. The number of nitrogens with one attached hydrogen (secondary N) is 1. The molecule has 0 amide bonds. The van der Waals surface area contributed by atoms with E-state index in [1.54, 1.807) is 12.1 Å². The first-order chi connectivity index (χ1) is 16.4. The van der Waals surface area contributed by atoms with E-state index in [0.717, 1.165) is 30.9 Å². The minimum atomic E-state index is -3.40. The van der Waals surface area contributed by atoms with E-state index in [-0.39, 0.29) is 16.4 Å². The highest BCUT2D eigenvalue weighted by atomic mass is 32.2. The molecular weight excluding hydrogens is 458 g/mol. The summed E-state index contributed by atoms with van der Waals surface area (Å²) in [5.74, 6) is -0.0113. The third-order valence-corrected chi connectivity index (χ3v) is 8.06. The lowest BCUT2D eigenvalue weighted by Gasteiger charge is -2.35. The van der Waals surface area contributed by atoms with E-state index >= 15 is 0 Å². The monoisotopic (exact) mass is 489 g/mol. The van der Waals surface area contributed by atoms with Crippen molar-refractivity contribution in [3.63, 3.8) is 0 Å². The molecule has 2 fully saturated rings. The minimum absolute atomic E-state index is 0.0113. The van der Waals surface area contributed by atoms with Crippen molar-refractivity contribution >= 4 is 27.1 Å². The van der Waals surface area contributed by atoms with Crippen LogP contribution < -0.4 is 10.2 Å². The molecule has 11 heteroatoms. The molecular formula is C23H31N5O5S. The SMILES string of the molecule is O=[N+]([O-])c1ccc(N2CCN(S(=O)(=O)Cc3ccccc3)CC2)cc1NCCN1CCOCC1. The fraction of sp³-hybridized carbons (Fsp3) is 0.478. The van der Waals surface area contributed by atoms with Gasteiger partial charge in [0.2, 0.25) is 10.0 Å². The van der Waals surface area contributed by atoms with Crippen LogP contribution in [0.25, 0.3) is 0 Å². The van der Waals surface area contributed by atoms with Crippen LogP contribution in [0.5, 0.6) is 0 Å². The smallest absolute Gasteiger partial charge is 0.292 e. The molecule has 0 aliphatic carbocycles. The average molecular weight is 490 g/mol. The summed E-state index contributed by atoms with van der Waals surface area (Å²) < 4.78 is 32.6. The highest BCUT2D eigenvalue weighted by Crippen LogP contribution is 2.30. The summed E-state index contributed by atoms with van der Waals surface area (Å²) in [5, 5.41) is 14.8. The molecule has 0 unspecified atom stereocenters. The van der Waals surface area contributed by atoms with Gasteiger partial charge < -0.3 is 15.0 Å². The van der Waals surface area contributed by atoms with Crippen LogP contribution in [-0.4, -0.2) is 88.1 Å². The summed E-state index contributed by atoms with van der Waals surface area (Å²) in [7, 11) is -3.40. The van der Waals surface area contributed by atoms with E-state index in [2.05, 4.69) is 15.1 Å². The summed E-state index contributed by atoms with van der Waals surface area (Å²) in [6.07, 6.45) is 0. The fourth-order valence-corrected chi connectivity index (χ4v) is 5.81. The van der Waals surface area contributed by atoms with Crippen LogP contribution in [0.2, 0.25) is 0 Å². The molecule has 0 bridgehead atoms. The summed E-state index contributed by atoms with van der Waals surface area (Å²) in [5.41, 5.74) is 2.14. The lowest BCUT2D eigenvalue weighted by molar-refractivity contribution is -0.383. The molecule has 2 aliphatic heterocycles. The quantitative estimate of drug-likeness (QED) is 0.421. The van der Waals surface area contributed by atoms with Crippen LogP contribution in [0.3, 0.4) is 0 Å². The van der Waals surface area contributed by atoms with Gasteiger partial charge in [-0.1, -0.05) is 30.3 Å². The standard InChI is InChI=1S/C23H31N5O5S/c29-28(30)23-7-6-21(18-22(23)24-8-9-25-14-16-33-17-15-25)26-10-12-27(13-11-26)34(31,32)19-20-4-2-1-3-5-20/h1-7,18,24H,8-17,19H2. The van der Waals surface area contributed by atoms with Gasteiger partial charge in [-0.05, 0) is 17.7 Å². The van der Waals surface area contributed by atoms with Crippen LogP contribution in [0.1, 0.15) is 5.56 Å². The Morgan fingerprint density at radius 1 is 0.971 bits per heavy atom. The van der Waals surface area contributed by atoms with Gasteiger partial charge in [-0.15, -0.1) is 0 Å². The molecule has 0 aromatic heterocycles. The summed E-state index contributed by atoms with van der Waals surface area (Å²) in [6, 6.07) is 14.2. The van der Waals surface area contributed by atoms with Crippen LogP contribution in [0.15, 0.2) is 48.5 Å². The maximum atomic E-state index is 12.8. The van der Waals surface area contributed by atoms with Gasteiger partial charge >= 0.3 is 0 Å². The number of ether oxygens (including phenoxy) is 1. The number of nitrogens with zero attached hydrogens (tertiary/aromatic N) is 4. The molecule has 0 atom stereocenters. The second-order valence-electron chi connectivity index (χ2n) is 8.47. The van der Waals surface area contributed by atoms with Gasteiger partial charge in [0.25, 0.3) is 5.69 Å². The second-order valence-corrected chi connectivity index (χ2v) is 10.4. The molecule has 2 aliphatic rings. The van der Waals surface area contributed by atoms with Gasteiger partial charge in [0.1, 0.15) is 5.69 Å². The van der Waals surface area contributed by atoms with Crippen molar-refractivity contribution in [2.24, 2.45) is 0 Å². The minimum Gasteiger partial charge on any atom is -0.379 e. The summed E-state index contributed by atoms with van der Waals surface area (Å²) in [4.78, 5) is 15.5. The first kappa shape index (κ1) is 24.4. The number of anilines is 2. The number of sulfonamides is 1. The Hall–Kier alpha value is -2.73. The lowest BCUT2D eigenvalue weighted by atomic mass is 10.2. The third kappa shape index (κ3) is 6.23. The van der Waals surface area contributed by atoms with E-state index in [0.29, 0.717) is 51.6 Å². The molecule has 0 spiro atoms. The summed E-state index contributed by atoms with van der Waals surface area (Å²) >= 11 is 0. The first-order valence-corrected chi connectivity index (χ1v) is 13.1. The van der Waals surface area contributed by atoms with Crippen molar-refractivity contribution in [3.05, 3.63) is 64.2 Å². The number of rotatable bonds is 9. The highest BCUT2D eigenvalue weighted by molar-refractivity contribution is 7.88. The zero-order valence-electron chi connectivity index (χ0n) is 19.1. The molecule has 4 rings (SSSR count). The number of benzene rings is 2. The van der Waals surface area contributed by atoms with E-state index in [9.17, 15) is 18.5 Å². The Morgan fingerprint density at radius 3 is 2.35 bits per heavy atom. The number of hydrogen-bond donors (Lipinski definition) is 1. The van der Waals surface area contributed by atoms with Gasteiger partial charge in [0.05, 0.1) is 23.9 Å². The molecule has 2 heterocycles. The lowest BCUT2D eigenvalue weighted by Crippen LogP contribution is -2.49. The molecule has 0 radical (unpaired) electrons. The Balaban J connectivity index is 1.37. The van der Waals surface area contributed by atoms with Crippen molar-refractivity contribution in [2.45, 2.75) is 5.75 Å². The van der Waals surface area contributed by atoms with E-state index in [1.165, 1.54) is 10.4 Å². The predicted molar refractivity (Wildman–Crippen MR) is 132 cm³/mol. The zero-order valence-corrected chi connectivity index (χ0v) is 20.0. The highest BCUT2D eigenvalue weighted by Gasteiger charge is 2.28. The third-order valence-electron chi connectivity index (χ3n) is 6.21. The topological polar surface area (TPSA) is 108 Å². The van der Waals surface area contributed by atoms with Crippen molar-refractivity contribution < 1.29 is 18.1 Å². The number of hydrogen-bond acceptors (Lipinski definition) is 8. The Morgan fingerprint density at radius 2 is 1.68 bits per heavy atom. The number of morpholine rings is 1. The molecule has 34 heavy (non-hydrogen) atoms. The molecule has 184 valence electrons. The van der Waals surface area contributed by atoms with Gasteiger partial charge in [-0.3, -0.25) is 15.0 Å². The van der Waals surface area contributed by atoms with E-state index < -0.39 is 10.0 Å². The molecule has 2 aromatic carbocycles. The molecule has 1 N–H and O–H groups in total. The van der Waals surface area contributed by atoms with E-state index in [4.69, 9.17) is 4.74 Å². The molecule has 10 nitrogen and oxygen atoms in total. The maximum Gasteiger partial charge on any atom is 0.292 e. The van der Waals surface area contributed by atoms with Gasteiger partial charge in [-0.25, -0.2) is 8.42 Å². The van der Waals surface area contributed by atoms with Crippen molar-refractivity contribution in [2.75, 3.05) is 75.8 Å². The molecule has 0 saturated carbocycles. The largest absolute Gasteiger partial charge is 0.379 e. The Kier molecular flexibility index (Phi) is 7.99. The Labute approximate surface area is 200 Å². The second kappa shape index (κ2) is 11.1. The zero-order chi connectivity index (χ0) is 24.0. The molecule has 2 aromatic rings. The Bertz CT molecular complexity index is 1070.